The van der Waals surface area contributed by atoms with Gasteiger partial charge in [0.15, 0.2) is 6.29 Å². The highest BCUT2D eigenvalue weighted by Crippen LogP contribution is 2.48. The number of nitrogens with two attached hydrogens (primary N) is 1. The molecule has 3 N–H and O–H groups in total. The van der Waals surface area contributed by atoms with Crippen LogP contribution in [0.2, 0.25) is 0 Å². The Balaban J connectivity index is 0.000000687. The van der Waals surface area contributed by atoms with Crippen LogP contribution >= 0.6 is 0 Å². The van der Waals surface area contributed by atoms with Gasteiger partial charge in [-0.15, -0.1) is 0 Å². The topological polar surface area (TPSA) is 89.6 Å². The highest BCUT2D eigenvalue weighted by Gasteiger charge is 2.39. The molecule has 0 radical (unpaired) electrons. The Morgan fingerprint density at radius 3 is 2.62 bits per heavy atom. The van der Waals surface area contributed by atoms with Gasteiger partial charge < -0.3 is 15.6 Å². The molecule has 5 nitrogen and oxygen atoms in total. The summed E-state index contributed by atoms with van der Waals surface area (Å²) in [5, 5.41) is 7.19. The Kier molecular flexibility index (Phi) is 10.0. The number of hydrogen-bond acceptors (Lipinski definition) is 3. The molecule has 1 amide bonds. The third kappa shape index (κ3) is 7.37. The van der Waals surface area contributed by atoms with E-state index in [0.29, 0.717) is 0 Å². The first-order valence-corrected chi connectivity index (χ1v) is 11.2. The number of carbonyl (C=O) groups excluding carboxylic acids is 1. The lowest BCUT2D eigenvalue weighted by molar-refractivity contribution is -0.109. The molecule has 0 aromatic heterocycles. The van der Waals surface area contributed by atoms with E-state index in [9.17, 15) is 4.79 Å². The quantitative estimate of drug-likeness (QED) is 0.405. The largest absolute Gasteiger partial charge is 0.486 e. The van der Waals surface area contributed by atoms with Crippen LogP contribution in [0.4, 0.5) is 4.79 Å². The summed E-state index contributed by atoms with van der Waals surface area (Å²) in [4.78, 5) is 19.4. The summed E-state index contributed by atoms with van der Waals surface area (Å²) in [5.41, 5.74) is 6.88. The highest BCUT2D eigenvalue weighted by atomic mass is 16.5. The molecule has 3 rings (SSSR count). The second-order valence-corrected chi connectivity index (χ2v) is 8.44. The van der Waals surface area contributed by atoms with Gasteiger partial charge in [0.05, 0.1) is 0 Å². The van der Waals surface area contributed by atoms with Gasteiger partial charge in [-0.1, -0.05) is 64.0 Å². The van der Waals surface area contributed by atoms with Crippen LogP contribution in [0.3, 0.4) is 0 Å². The molecule has 0 heterocycles. The molecule has 0 aliphatic heterocycles. The molecule has 0 saturated heterocycles. The molecule has 2 aliphatic carbocycles. The summed E-state index contributed by atoms with van der Waals surface area (Å²) in [5.74, 6) is 3.59. The maximum absolute atomic E-state index is 10.6. The number of carboxylic acid groups (broad SMARTS) is 1. The molecule has 0 bridgehead atoms. The summed E-state index contributed by atoms with van der Waals surface area (Å²) < 4.78 is 5.67. The summed E-state index contributed by atoms with van der Waals surface area (Å²) in [6.07, 6.45) is 14.6. The summed E-state index contributed by atoms with van der Waals surface area (Å²) in [6.45, 7) is 2.46. The number of aldehydes is 1. The van der Waals surface area contributed by atoms with Gasteiger partial charge in [0.1, 0.15) is 12.4 Å². The predicted octanol–water partition coefficient (Wildman–Crippen LogP) is 5.38. The molecule has 5 heteroatoms. The minimum Gasteiger partial charge on any atom is -0.486 e. The van der Waals surface area contributed by atoms with Crippen molar-refractivity contribution >= 4 is 12.4 Å². The highest BCUT2D eigenvalue weighted by molar-refractivity contribution is 5.61. The zero-order chi connectivity index (χ0) is 21.1. The lowest BCUT2D eigenvalue weighted by atomic mass is 9.73. The molecule has 1 aromatic rings. The number of carbonyl (C=O) groups is 2. The number of primary amides is 1. The Morgan fingerprint density at radius 2 is 1.90 bits per heavy atom. The average Bonchev–Trinajstić information content (AvgIpc) is 3.09. The zero-order valence-electron chi connectivity index (χ0n) is 17.8. The van der Waals surface area contributed by atoms with Crippen molar-refractivity contribution < 1.29 is 19.4 Å². The normalized spacial score (nSPS) is 22.0. The third-order valence-corrected chi connectivity index (χ3v) is 6.51. The molecular weight excluding hydrogens is 366 g/mol. The van der Waals surface area contributed by atoms with Crippen LogP contribution in [0, 0.1) is 17.8 Å². The van der Waals surface area contributed by atoms with Gasteiger partial charge in [-0.3, -0.25) is 4.79 Å². The number of fused-ring (bicyclic) bond motifs is 2. The van der Waals surface area contributed by atoms with Gasteiger partial charge in [-0.05, 0) is 60.6 Å². The molecule has 29 heavy (non-hydrogen) atoms. The van der Waals surface area contributed by atoms with E-state index in [2.05, 4.69) is 24.8 Å². The molecule has 0 unspecified atom stereocenters. The maximum Gasteiger partial charge on any atom is 0.402 e. The van der Waals surface area contributed by atoms with Crippen LogP contribution in [-0.4, -0.2) is 24.1 Å². The summed E-state index contributed by atoms with van der Waals surface area (Å²) >= 11 is 0. The number of hydrogen-bond donors (Lipinski definition) is 2. The Hall–Kier alpha value is -2.04. The van der Waals surface area contributed by atoms with Crippen molar-refractivity contribution in [2.24, 2.45) is 23.5 Å². The Labute approximate surface area is 175 Å². The number of ether oxygens (including phenoxy) is 1. The van der Waals surface area contributed by atoms with Gasteiger partial charge in [0.25, 0.3) is 0 Å². The first-order chi connectivity index (χ1) is 14.1. The van der Waals surface area contributed by atoms with E-state index in [1.165, 1.54) is 75.3 Å². The van der Waals surface area contributed by atoms with E-state index in [1.807, 2.05) is 6.07 Å². The molecule has 1 aromatic carbocycles. The van der Waals surface area contributed by atoms with Crippen LogP contribution < -0.4 is 10.5 Å². The first-order valence-electron chi connectivity index (χ1n) is 11.2. The summed E-state index contributed by atoms with van der Waals surface area (Å²) in [7, 11) is 0. The SMILES string of the molecule is CCCCCCCC[C@H]1CC[C@@H]2Cc3c(cccc3OCC=O)C[C@H]12.NC(=O)O. The minimum absolute atomic E-state index is 0.172. The second-order valence-electron chi connectivity index (χ2n) is 8.44. The predicted molar refractivity (Wildman–Crippen MR) is 115 cm³/mol. The standard InChI is InChI=1S/C23H34O2.CH3NO2/c1-2-3-4-5-6-7-9-18-12-13-20-17-22-19(16-21(18)20)10-8-11-23(22)25-15-14-24;2-1(3)4/h8,10-11,14,18,20-21H,2-7,9,12-13,15-17H2,1H3;2H2,(H,3,4)/t18-,20+,21+;/m0./s1. The van der Waals surface area contributed by atoms with Crippen LogP contribution in [0.1, 0.15) is 75.8 Å². The monoisotopic (exact) mass is 403 g/mol. The molecule has 162 valence electrons. The molecule has 2 aliphatic rings. The molecule has 1 saturated carbocycles. The van der Waals surface area contributed by atoms with Gasteiger partial charge in [-0.2, -0.15) is 0 Å². The van der Waals surface area contributed by atoms with Crippen LogP contribution in [-0.2, 0) is 17.6 Å². The Morgan fingerprint density at radius 1 is 1.17 bits per heavy atom. The lowest BCUT2D eigenvalue weighted by Crippen LogP contribution is -2.25. The van der Waals surface area contributed by atoms with Gasteiger partial charge in [0, 0.05) is 0 Å². The maximum atomic E-state index is 10.6. The fraction of sp³-hybridized carbons (Fsp3) is 0.667. The van der Waals surface area contributed by atoms with Crippen LogP contribution in [0.25, 0.3) is 0 Å². The van der Waals surface area contributed by atoms with Crippen LogP contribution in [0.15, 0.2) is 18.2 Å². The van der Waals surface area contributed by atoms with Crippen molar-refractivity contribution in [1.82, 2.24) is 0 Å². The van der Waals surface area contributed by atoms with Crippen molar-refractivity contribution in [2.75, 3.05) is 6.61 Å². The average molecular weight is 404 g/mol. The van der Waals surface area contributed by atoms with E-state index < -0.39 is 6.09 Å². The number of unbranched alkanes of at least 4 members (excludes halogenated alkanes) is 5. The molecule has 3 atom stereocenters. The van der Waals surface area contributed by atoms with Crippen molar-refractivity contribution in [3.63, 3.8) is 0 Å². The fourth-order valence-corrected chi connectivity index (χ4v) is 5.18. The lowest BCUT2D eigenvalue weighted by Gasteiger charge is -2.32. The van der Waals surface area contributed by atoms with E-state index in [0.717, 1.165) is 36.2 Å². The van der Waals surface area contributed by atoms with E-state index in [-0.39, 0.29) is 6.61 Å². The van der Waals surface area contributed by atoms with Crippen molar-refractivity contribution in [1.29, 1.82) is 0 Å². The third-order valence-electron chi connectivity index (χ3n) is 6.51. The second kappa shape index (κ2) is 12.5. The summed E-state index contributed by atoms with van der Waals surface area (Å²) in [6, 6.07) is 6.40. The number of benzene rings is 1. The van der Waals surface area contributed by atoms with Gasteiger partial charge in [-0.25, -0.2) is 4.79 Å². The van der Waals surface area contributed by atoms with E-state index >= 15 is 0 Å². The van der Waals surface area contributed by atoms with Crippen molar-refractivity contribution in [3.05, 3.63) is 29.3 Å². The van der Waals surface area contributed by atoms with Crippen molar-refractivity contribution in [2.45, 2.75) is 77.6 Å². The molecule has 1 fully saturated rings. The molecular formula is C24H37NO4. The van der Waals surface area contributed by atoms with E-state index in [1.54, 1.807) is 0 Å². The fourth-order valence-electron chi connectivity index (χ4n) is 5.18. The van der Waals surface area contributed by atoms with Crippen LogP contribution in [0.5, 0.6) is 5.75 Å². The first kappa shape index (κ1) is 23.2. The zero-order valence-corrected chi connectivity index (χ0v) is 17.8. The van der Waals surface area contributed by atoms with Gasteiger partial charge in [0.2, 0.25) is 0 Å². The minimum atomic E-state index is -1.33. The van der Waals surface area contributed by atoms with E-state index in [4.69, 9.17) is 14.6 Å². The van der Waals surface area contributed by atoms with Gasteiger partial charge >= 0.3 is 6.09 Å². The Bertz CT molecular complexity index is 642. The number of rotatable bonds is 10. The smallest absolute Gasteiger partial charge is 0.402 e. The number of amides is 1. The van der Waals surface area contributed by atoms with Crippen molar-refractivity contribution in [3.8, 4) is 5.75 Å². The molecule has 0 spiro atoms.